The fraction of sp³-hybridized carbons (Fsp3) is 1.00. The molecular formula is CH6O4SZn. The molecule has 0 amide bonds. The molecule has 0 bridgehead atoms. The first-order valence-corrected chi connectivity index (χ1v) is 2.77. The van der Waals surface area contributed by atoms with Crippen molar-refractivity contribution in [3.05, 3.63) is 0 Å². The third kappa shape index (κ3) is 539. The van der Waals surface area contributed by atoms with Crippen molar-refractivity contribution < 1.29 is 37.9 Å². The molecule has 0 saturated carbocycles. The minimum atomic E-state index is -3.67. The van der Waals surface area contributed by atoms with Crippen LogP contribution in [0.2, 0.25) is 0 Å². The van der Waals surface area contributed by atoms with Gasteiger partial charge in [-0.25, -0.2) is 0 Å². The first kappa shape index (κ1) is 15.6. The average Bonchev–Trinajstić information content (AvgIpc) is 0.722. The molecule has 42 valence electrons. The predicted octanol–water partition coefficient (Wildman–Crippen LogP) is -1.32. The molecule has 0 radical (unpaired) electrons. The van der Waals surface area contributed by atoms with Crippen LogP contribution in [0, 0.1) is 0 Å². The summed E-state index contributed by atoms with van der Waals surface area (Å²) in [6, 6.07) is 0. The summed E-state index contributed by atoms with van der Waals surface area (Å²) in [6.07, 6.45) is 0.715. The van der Waals surface area contributed by atoms with Crippen LogP contribution in [0.3, 0.4) is 0 Å². The van der Waals surface area contributed by atoms with Crippen LogP contribution in [0.1, 0.15) is 0 Å². The standard InChI is InChI=1S/CH4O3S.H2O.Zn/c1-5(2,3)4;;/h1H3,(H,2,3,4);1H2;. The van der Waals surface area contributed by atoms with Crippen LogP contribution >= 0.6 is 0 Å². The van der Waals surface area contributed by atoms with Crippen molar-refractivity contribution in [2.45, 2.75) is 0 Å². The molecule has 0 atom stereocenters. The maximum absolute atomic E-state index is 9.19. The van der Waals surface area contributed by atoms with E-state index in [2.05, 4.69) is 0 Å². The van der Waals surface area contributed by atoms with Crippen LogP contribution in [-0.2, 0) is 29.6 Å². The van der Waals surface area contributed by atoms with Gasteiger partial charge in [-0.2, -0.15) is 8.42 Å². The number of hydrogen-bond donors (Lipinski definition) is 1. The van der Waals surface area contributed by atoms with Gasteiger partial charge < -0.3 is 5.48 Å². The Morgan fingerprint density at radius 2 is 1.43 bits per heavy atom. The van der Waals surface area contributed by atoms with Crippen molar-refractivity contribution in [3.8, 4) is 0 Å². The van der Waals surface area contributed by atoms with E-state index in [4.69, 9.17) is 4.55 Å². The van der Waals surface area contributed by atoms with Crippen molar-refractivity contribution in [2.24, 2.45) is 0 Å². The van der Waals surface area contributed by atoms with Crippen molar-refractivity contribution in [1.29, 1.82) is 0 Å². The summed E-state index contributed by atoms with van der Waals surface area (Å²) in [5.74, 6) is 0. The van der Waals surface area contributed by atoms with Gasteiger partial charge in [-0.3, -0.25) is 4.55 Å². The van der Waals surface area contributed by atoms with Gasteiger partial charge in [-0.15, -0.1) is 0 Å². The molecule has 0 spiro atoms. The minimum absolute atomic E-state index is 0. The molecule has 3 N–H and O–H groups in total. The van der Waals surface area contributed by atoms with Gasteiger partial charge >= 0.3 is 0 Å². The molecular weight excluding hydrogens is 173 g/mol. The van der Waals surface area contributed by atoms with Crippen LogP contribution in [0.4, 0.5) is 0 Å². The molecule has 0 saturated heterocycles. The van der Waals surface area contributed by atoms with Gasteiger partial charge in [0.25, 0.3) is 10.1 Å². The fourth-order valence-electron chi connectivity index (χ4n) is 0. The van der Waals surface area contributed by atoms with E-state index in [9.17, 15) is 8.42 Å². The van der Waals surface area contributed by atoms with E-state index in [1.807, 2.05) is 0 Å². The molecule has 7 heavy (non-hydrogen) atoms. The maximum atomic E-state index is 9.19. The summed E-state index contributed by atoms with van der Waals surface area (Å²) in [4.78, 5) is 0. The molecule has 0 aliphatic rings. The second kappa shape index (κ2) is 4.65. The van der Waals surface area contributed by atoms with Gasteiger partial charge in [0, 0.05) is 19.5 Å². The zero-order valence-corrected chi connectivity index (χ0v) is 7.66. The zero-order chi connectivity index (χ0) is 4.50. The number of hydrogen-bond acceptors (Lipinski definition) is 2. The Bertz CT molecular complexity index is 94.9. The normalized spacial score (nSPS) is 8.29. The van der Waals surface area contributed by atoms with Crippen molar-refractivity contribution in [2.75, 3.05) is 6.26 Å². The Labute approximate surface area is 54.7 Å². The van der Waals surface area contributed by atoms with Crippen molar-refractivity contribution >= 4 is 10.1 Å². The van der Waals surface area contributed by atoms with E-state index in [1.54, 1.807) is 0 Å². The van der Waals surface area contributed by atoms with E-state index < -0.39 is 10.1 Å². The summed E-state index contributed by atoms with van der Waals surface area (Å²) >= 11 is 0. The van der Waals surface area contributed by atoms with E-state index in [0.717, 1.165) is 0 Å². The van der Waals surface area contributed by atoms with E-state index in [-0.39, 0.29) is 25.0 Å². The maximum Gasteiger partial charge on any atom is 0.261 e. The summed E-state index contributed by atoms with van der Waals surface area (Å²) in [6.45, 7) is 0. The largest absolute Gasteiger partial charge is 0.412 e. The average molecular weight is 180 g/mol. The van der Waals surface area contributed by atoms with Gasteiger partial charge in [0.05, 0.1) is 6.26 Å². The monoisotopic (exact) mass is 178 g/mol. The third-order valence-electron chi connectivity index (χ3n) is 0. The molecule has 0 aliphatic carbocycles. The Balaban J connectivity index is -0.0000000800. The molecule has 0 aromatic rings. The van der Waals surface area contributed by atoms with Gasteiger partial charge in [0.15, 0.2) is 0 Å². The van der Waals surface area contributed by atoms with Gasteiger partial charge in [-0.05, 0) is 0 Å². The van der Waals surface area contributed by atoms with Crippen LogP contribution in [-0.4, -0.2) is 24.7 Å². The summed E-state index contributed by atoms with van der Waals surface area (Å²) < 4.78 is 25.9. The topological polar surface area (TPSA) is 85.9 Å². The van der Waals surface area contributed by atoms with Crippen LogP contribution < -0.4 is 0 Å². The molecule has 4 nitrogen and oxygen atoms in total. The van der Waals surface area contributed by atoms with Gasteiger partial charge in [0.1, 0.15) is 0 Å². The number of rotatable bonds is 0. The van der Waals surface area contributed by atoms with Crippen molar-refractivity contribution in [1.82, 2.24) is 0 Å². The quantitative estimate of drug-likeness (QED) is 0.370. The second-order valence-electron chi connectivity index (χ2n) is 0.733. The first-order valence-electron chi connectivity index (χ1n) is 0.924. The minimum Gasteiger partial charge on any atom is -0.412 e. The van der Waals surface area contributed by atoms with E-state index in [0.29, 0.717) is 6.26 Å². The molecule has 0 aromatic carbocycles. The summed E-state index contributed by atoms with van der Waals surface area (Å²) in [7, 11) is -3.67. The third-order valence-corrected chi connectivity index (χ3v) is 0. The Hall–Kier alpha value is 0.493. The molecule has 0 heterocycles. The molecule has 0 unspecified atom stereocenters. The Morgan fingerprint density at radius 3 is 1.43 bits per heavy atom. The van der Waals surface area contributed by atoms with Crippen LogP contribution in [0.15, 0.2) is 0 Å². The zero-order valence-electron chi connectivity index (χ0n) is 3.88. The Kier molecular flexibility index (Phi) is 10.4. The fourth-order valence-corrected chi connectivity index (χ4v) is 0. The second-order valence-corrected chi connectivity index (χ2v) is 2.20. The van der Waals surface area contributed by atoms with Crippen LogP contribution in [0.5, 0.6) is 0 Å². The van der Waals surface area contributed by atoms with Crippen molar-refractivity contribution in [3.63, 3.8) is 0 Å². The molecule has 0 rings (SSSR count). The summed E-state index contributed by atoms with van der Waals surface area (Å²) in [5, 5.41) is 0. The van der Waals surface area contributed by atoms with Gasteiger partial charge in [0.2, 0.25) is 0 Å². The molecule has 0 aliphatic heterocycles. The Morgan fingerprint density at radius 1 is 1.43 bits per heavy atom. The van der Waals surface area contributed by atoms with Crippen LogP contribution in [0.25, 0.3) is 0 Å². The van der Waals surface area contributed by atoms with Gasteiger partial charge in [-0.1, -0.05) is 0 Å². The SMILES string of the molecule is CS(=O)(=O)O.O.[Zn]. The smallest absolute Gasteiger partial charge is 0.261 e. The van der Waals surface area contributed by atoms with E-state index >= 15 is 0 Å². The molecule has 6 heteroatoms. The molecule has 0 fully saturated rings. The first-order chi connectivity index (χ1) is 2.00. The molecule has 0 aromatic heterocycles. The summed E-state index contributed by atoms with van der Waals surface area (Å²) in [5.41, 5.74) is 0. The predicted molar refractivity (Wildman–Crippen MR) is 21.1 cm³/mol. The van der Waals surface area contributed by atoms with E-state index in [1.165, 1.54) is 0 Å².